The van der Waals surface area contributed by atoms with E-state index in [4.69, 9.17) is 47.8 Å². The molecule has 2 atom stereocenters. The molecule has 0 aromatic heterocycles. The summed E-state index contributed by atoms with van der Waals surface area (Å²) in [5.74, 6) is -0.773. The molecule has 2 fully saturated rings. The standard InChI is InChI=1S/C10H15Cl3N2O2/c1-14(2)6-9-4-3-5-15(9)7(10(11,12)13)17-8(9)16/h7H,3-6H2,1-2H3/t7-,9-/m1/s1/i1D3,2D3. The van der Waals surface area contributed by atoms with E-state index in [1.54, 1.807) is 0 Å². The van der Waals surface area contributed by atoms with Crippen LogP contribution in [-0.4, -0.2) is 58.4 Å². The van der Waals surface area contributed by atoms with Gasteiger partial charge in [0.15, 0.2) is 0 Å². The number of nitrogens with zero attached hydrogens (tertiary/aromatic N) is 2. The van der Waals surface area contributed by atoms with E-state index in [1.165, 1.54) is 4.90 Å². The third-order valence-electron chi connectivity index (χ3n) is 3.12. The second-order valence-electron chi connectivity index (χ2n) is 4.21. The van der Waals surface area contributed by atoms with Crippen molar-refractivity contribution >= 4 is 40.8 Å². The number of hydrogen-bond acceptors (Lipinski definition) is 4. The van der Waals surface area contributed by atoms with Gasteiger partial charge in [0.05, 0.1) is 0 Å². The Hall–Kier alpha value is 0.260. The molecule has 7 heteroatoms. The van der Waals surface area contributed by atoms with Crippen LogP contribution in [0.2, 0.25) is 0 Å². The topological polar surface area (TPSA) is 32.8 Å². The van der Waals surface area contributed by atoms with E-state index >= 15 is 0 Å². The smallest absolute Gasteiger partial charge is 0.329 e. The normalized spacial score (nSPS) is 40.9. The van der Waals surface area contributed by atoms with E-state index in [2.05, 4.69) is 0 Å². The second-order valence-corrected chi connectivity index (χ2v) is 6.58. The van der Waals surface area contributed by atoms with Crippen LogP contribution in [0.1, 0.15) is 21.1 Å². The largest absolute Gasteiger partial charge is 0.440 e. The number of likely N-dealkylation sites (N-methyl/N-ethyl adjacent to an activating group) is 1. The van der Waals surface area contributed by atoms with Crippen LogP contribution >= 0.6 is 34.8 Å². The summed E-state index contributed by atoms with van der Waals surface area (Å²) in [4.78, 5) is 14.2. The highest BCUT2D eigenvalue weighted by Crippen LogP contribution is 2.46. The van der Waals surface area contributed by atoms with Gasteiger partial charge in [0.2, 0.25) is 10.0 Å². The Bertz CT molecular complexity index is 480. The van der Waals surface area contributed by atoms with Gasteiger partial charge in [-0.1, -0.05) is 34.8 Å². The van der Waals surface area contributed by atoms with Gasteiger partial charge < -0.3 is 9.64 Å². The Morgan fingerprint density at radius 2 is 2.35 bits per heavy atom. The number of esters is 1. The minimum absolute atomic E-state index is 0.228. The van der Waals surface area contributed by atoms with Gasteiger partial charge in [0, 0.05) is 21.3 Å². The first-order valence-corrected chi connectivity index (χ1v) is 6.15. The molecular weight excluding hydrogens is 286 g/mol. The predicted molar refractivity (Wildman–Crippen MR) is 67.4 cm³/mol. The number of cyclic esters (lactones) is 1. The summed E-state index contributed by atoms with van der Waals surface area (Å²) < 4.78 is 47.9. The molecule has 0 aromatic carbocycles. The van der Waals surface area contributed by atoms with Crippen molar-refractivity contribution in [3.8, 4) is 0 Å². The molecule has 2 heterocycles. The molecule has 2 rings (SSSR count). The number of carbonyl (C=O) groups excluding carboxylic acids is 1. The van der Waals surface area contributed by atoms with Crippen molar-refractivity contribution in [3.05, 3.63) is 0 Å². The SMILES string of the molecule is [2H]C([2H])([2H])N(C[C@@]12CCCN1[C@@H](C(Cl)(Cl)Cl)OC2=O)C([2H])([2H])[2H]. The molecule has 0 unspecified atom stereocenters. The molecular formula is C10H15Cl3N2O2. The fourth-order valence-corrected chi connectivity index (χ4v) is 2.96. The van der Waals surface area contributed by atoms with Crippen LogP contribution in [0, 0.1) is 0 Å². The Balaban J connectivity index is 2.38. The van der Waals surface area contributed by atoms with Crippen molar-refractivity contribution < 1.29 is 17.8 Å². The Kier molecular flexibility index (Phi) is 2.02. The molecule has 4 nitrogen and oxygen atoms in total. The van der Waals surface area contributed by atoms with E-state index < -0.39 is 42.0 Å². The fraction of sp³-hybridized carbons (Fsp3) is 0.900. The van der Waals surface area contributed by atoms with Crippen LogP contribution in [0.5, 0.6) is 0 Å². The molecule has 0 radical (unpaired) electrons. The monoisotopic (exact) mass is 306 g/mol. The number of rotatable bonds is 2. The molecule has 98 valence electrons. The van der Waals surface area contributed by atoms with Gasteiger partial charge in [-0.25, -0.2) is 9.69 Å². The maximum Gasteiger partial charge on any atom is 0.329 e. The molecule has 2 aliphatic rings. The fourth-order valence-electron chi connectivity index (χ4n) is 2.47. The van der Waals surface area contributed by atoms with Crippen molar-refractivity contribution in [2.75, 3.05) is 27.0 Å². The highest BCUT2D eigenvalue weighted by atomic mass is 35.6. The molecule has 0 N–H and O–H groups in total. The van der Waals surface area contributed by atoms with E-state index in [1.807, 2.05) is 0 Å². The van der Waals surface area contributed by atoms with Crippen LogP contribution in [0.3, 0.4) is 0 Å². The first-order valence-electron chi connectivity index (χ1n) is 8.02. The van der Waals surface area contributed by atoms with Crippen molar-refractivity contribution in [2.45, 2.75) is 28.4 Å². The first-order chi connectivity index (χ1) is 10.2. The van der Waals surface area contributed by atoms with Gasteiger partial charge in [0.1, 0.15) is 5.54 Å². The minimum Gasteiger partial charge on any atom is -0.440 e. The average molecular weight is 308 g/mol. The quantitative estimate of drug-likeness (QED) is 0.573. The lowest BCUT2D eigenvalue weighted by atomic mass is 9.96. The molecule has 0 saturated carbocycles. The molecule has 0 aromatic rings. The van der Waals surface area contributed by atoms with E-state index in [0.29, 0.717) is 17.9 Å². The summed E-state index contributed by atoms with van der Waals surface area (Å²) in [6, 6.07) is 0. The number of alkyl halides is 3. The Morgan fingerprint density at radius 3 is 2.94 bits per heavy atom. The number of ether oxygens (including phenoxy) is 1. The van der Waals surface area contributed by atoms with Gasteiger partial charge in [-0.3, -0.25) is 0 Å². The summed E-state index contributed by atoms with van der Waals surface area (Å²) >= 11 is 17.5. The van der Waals surface area contributed by atoms with E-state index in [-0.39, 0.29) is 6.42 Å². The number of halogens is 3. The summed E-state index contributed by atoms with van der Waals surface area (Å²) in [5, 5.41) is 0. The first kappa shape index (κ1) is 7.75. The van der Waals surface area contributed by atoms with Gasteiger partial charge >= 0.3 is 5.97 Å². The number of fused-ring (bicyclic) bond motifs is 1. The van der Waals surface area contributed by atoms with Crippen molar-refractivity contribution in [2.24, 2.45) is 0 Å². The van der Waals surface area contributed by atoms with Crippen LogP contribution in [0.15, 0.2) is 0 Å². The maximum absolute atomic E-state index is 12.4. The van der Waals surface area contributed by atoms with Crippen LogP contribution in [0.25, 0.3) is 0 Å². The lowest BCUT2D eigenvalue weighted by molar-refractivity contribution is -0.145. The van der Waals surface area contributed by atoms with E-state index in [9.17, 15) is 4.79 Å². The number of carbonyl (C=O) groups is 1. The Labute approximate surface area is 124 Å². The lowest BCUT2D eigenvalue weighted by Crippen LogP contribution is -2.54. The minimum atomic E-state index is -2.91. The lowest BCUT2D eigenvalue weighted by Gasteiger charge is -2.33. The molecule has 2 aliphatic heterocycles. The van der Waals surface area contributed by atoms with Crippen LogP contribution < -0.4 is 0 Å². The summed E-state index contributed by atoms with van der Waals surface area (Å²) in [6.45, 7) is -6.05. The van der Waals surface area contributed by atoms with Crippen molar-refractivity contribution in [3.63, 3.8) is 0 Å². The van der Waals surface area contributed by atoms with Gasteiger partial charge in [0.25, 0.3) is 0 Å². The molecule has 0 bridgehead atoms. The van der Waals surface area contributed by atoms with Crippen LogP contribution in [-0.2, 0) is 9.53 Å². The zero-order valence-corrected chi connectivity index (χ0v) is 11.0. The maximum atomic E-state index is 12.4. The molecule has 2 saturated heterocycles. The summed E-state index contributed by atoms with van der Waals surface area (Å²) in [7, 11) is 0. The number of hydrogen-bond donors (Lipinski definition) is 0. The zero-order valence-electron chi connectivity index (χ0n) is 14.8. The zero-order chi connectivity index (χ0) is 17.8. The van der Waals surface area contributed by atoms with Crippen molar-refractivity contribution in [1.82, 2.24) is 9.80 Å². The molecule has 0 aliphatic carbocycles. The van der Waals surface area contributed by atoms with Gasteiger partial charge in [-0.05, 0) is 26.8 Å². The van der Waals surface area contributed by atoms with Gasteiger partial charge in [-0.15, -0.1) is 0 Å². The molecule has 17 heavy (non-hydrogen) atoms. The van der Waals surface area contributed by atoms with Gasteiger partial charge in [-0.2, -0.15) is 0 Å². The third-order valence-corrected chi connectivity index (χ3v) is 3.68. The van der Waals surface area contributed by atoms with Crippen LogP contribution in [0.4, 0.5) is 0 Å². The predicted octanol–water partition coefficient (Wildman–Crippen LogP) is 1.64. The summed E-state index contributed by atoms with van der Waals surface area (Å²) in [5.41, 5.74) is -1.45. The molecule has 0 amide bonds. The Morgan fingerprint density at radius 1 is 1.65 bits per heavy atom. The summed E-state index contributed by atoms with van der Waals surface area (Å²) in [6.07, 6.45) is -0.425. The second kappa shape index (κ2) is 4.42. The third kappa shape index (κ3) is 2.26. The van der Waals surface area contributed by atoms with Crippen molar-refractivity contribution in [1.29, 1.82) is 0 Å². The molecule has 0 spiro atoms. The highest BCUT2D eigenvalue weighted by Gasteiger charge is 2.62. The van der Waals surface area contributed by atoms with E-state index in [0.717, 1.165) is 0 Å². The highest BCUT2D eigenvalue weighted by molar-refractivity contribution is 6.68. The average Bonchev–Trinajstić information content (AvgIpc) is 2.82.